The minimum absolute atomic E-state index is 0.362. The van der Waals surface area contributed by atoms with Crippen molar-refractivity contribution in [2.24, 2.45) is 5.73 Å². The number of carbonyl (C=O) groups excluding carboxylic acids is 2. The van der Waals surface area contributed by atoms with Gasteiger partial charge in [0.15, 0.2) is 0 Å². The Hall–Kier alpha value is -2.62. The fourth-order valence-corrected chi connectivity index (χ4v) is 1.61. The first-order valence-electron chi connectivity index (χ1n) is 5.76. The number of amides is 1. The third kappa shape index (κ3) is 3.42. The summed E-state index contributed by atoms with van der Waals surface area (Å²) in [5.41, 5.74) is 7.11. The Morgan fingerprint density at radius 2 is 1.89 bits per heavy atom. The molecule has 0 radical (unpaired) electrons. The normalized spacial score (nSPS) is 9.89. The van der Waals surface area contributed by atoms with Gasteiger partial charge in [-0.05, 0) is 29.8 Å². The van der Waals surface area contributed by atoms with Crippen LogP contribution in [0.1, 0.15) is 26.3 Å². The highest BCUT2D eigenvalue weighted by Gasteiger charge is 2.01. The third-order valence-corrected chi connectivity index (χ3v) is 2.64. The van der Waals surface area contributed by atoms with Crippen molar-refractivity contribution in [2.45, 2.75) is 6.61 Å². The van der Waals surface area contributed by atoms with Crippen molar-refractivity contribution in [1.82, 2.24) is 0 Å². The number of rotatable bonds is 5. The number of nitrogens with two attached hydrogens (primary N) is 1. The summed E-state index contributed by atoms with van der Waals surface area (Å²) in [6, 6.07) is 13.8. The molecule has 0 saturated heterocycles. The van der Waals surface area contributed by atoms with Gasteiger partial charge in [0.05, 0.1) is 0 Å². The maximum absolute atomic E-state index is 10.9. The summed E-state index contributed by atoms with van der Waals surface area (Å²) < 4.78 is 5.56. The topological polar surface area (TPSA) is 69.4 Å². The van der Waals surface area contributed by atoms with E-state index in [0.717, 1.165) is 11.8 Å². The van der Waals surface area contributed by atoms with E-state index < -0.39 is 5.91 Å². The van der Waals surface area contributed by atoms with Crippen LogP contribution in [0.25, 0.3) is 0 Å². The standard InChI is InChI=1S/C15H13NO3/c16-15(18)13-6-4-11(5-7-13)10-19-14-3-1-2-12(8-14)9-17/h1-9H,10H2,(H2,16,18). The maximum Gasteiger partial charge on any atom is 0.248 e. The lowest BCUT2D eigenvalue weighted by Crippen LogP contribution is -2.10. The Kier molecular flexibility index (Phi) is 3.93. The largest absolute Gasteiger partial charge is 0.489 e. The fraction of sp³-hybridized carbons (Fsp3) is 0.0667. The second kappa shape index (κ2) is 5.82. The predicted octanol–water partition coefficient (Wildman–Crippen LogP) is 2.18. The summed E-state index contributed by atoms with van der Waals surface area (Å²) in [7, 11) is 0. The van der Waals surface area contributed by atoms with E-state index in [4.69, 9.17) is 10.5 Å². The molecule has 19 heavy (non-hydrogen) atoms. The van der Waals surface area contributed by atoms with Crippen LogP contribution in [0, 0.1) is 0 Å². The molecule has 0 aliphatic rings. The molecule has 4 nitrogen and oxygen atoms in total. The molecule has 1 amide bonds. The summed E-state index contributed by atoms with van der Waals surface area (Å²) >= 11 is 0. The van der Waals surface area contributed by atoms with Crippen molar-refractivity contribution in [3.63, 3.8) is 0 Å². The first kappa shape index (κ1) is 12.8. The van der Waals surface area contributed by atoms with Gasteiger partial charge in [-0.2, -0.15) is 0 Å². The van der Waals surface area contributed by atoms with Gasteiger partial charge in [0.1, 0.15) is 18.6 Å². The van der Waals surface area contributed by atoms with Crippen LogP contribution in [0.4, 0.5) is 0 Å². The molecular formula is C15H13NO3. The van der Waals surface area contributed by atoms with Crippen LogP contribution in [0.2, 0.25) is 0 Å². The zero-order valence-corrected chi connectivity index (χ0v) is 10.2. The van der Waals surface area contributed by atoms with E-state index in [9.17, 15) is 9.59 Å². The minimum Gasteiger partial charge on any atom is -0.489 e. The molecule has 2 N–H and O–H groups in total. The van der Waals surface area contributed by atoms with Crippen LogP contribution < -0.4 is 10.5 Å². The molecule has 96 valence electrons. The second-order valence-electron chi connectivity index (χ2n) is 4.04. The Bertz CT molecular complexity index is 591. The van der Waals surface area contributed by atoms with E-state index >= 15 is 0 Å². The number of benzene rings is 2. The number of primary amides is 1. The van der Waals surface area contributed by atoms with Gasteiger partial charge in [-0.1, -0.05) is 24.3 Å². The van der Waals surface area contributed by atoms with Gasteiger partial charge >= 0.3 is 0 Å². The molecule has 0 aromatic heterocycles. The van der Waals surface area contributed by atoms with Crippen molar-refractivity contribution < 1.29 is 14.3 Å². The number of aldehydes is 1. The molecule has 0 saturated carbocycles. The van der Waals surface area contributed by atoms with Gasteiger partial charge in [0.2, 0.25) is 5.91 Å². The molecule has 0 aliphatic heterocycles. The second-order valence-corrected chi connectivity index (χ2v) is 4.04. The van der Waals surface area contributed by atoms with Gasteiger partial charge in [0, 0.05) is 11.1 Å². The zero-order chi connectivity index (χ0) is 13.7. The first-order valence-corrected chi connectivity index (χ1v) is 5.76. The van der Waals surface area contributed by atoms with Gasteiger partial charge in [-0.3, -0.25) is 9.59 Å². The smallest absolute Gasteiger partial charge is 0.248 e. The number of hydrogen-bond donors (Lipinski definition) is 1. The zero-order valence-electron chi connectivity index (χ0n) is 10.2. The van der Waals surface area contributed by atoms with E-state index in [1.54, 1.807) is 48.5 Å². The summed E-state index contributed by atoms with van der Waals surface area (Å²) in [6.07, 6.45) is 0.772. The van der Waals surface area contributed by atoms with Gasteiger partial charge in [0.25, 0.3) is 0 Å². The Labute approximate surface area is 110 Å². The molecule has 2 rings (SSSR count). The van der Waals surface area contributed by atoms with Crippen LogP contribution in [0.15, 0.2) is 48.5 Å². The van der Waals surface area contributed by atoms with Crippen molar-refractivity contribution in [3.05, 3.63) is 65.2 Å². The van der Waals surface area contributed by atoms with Crippen LogP contribution in [-0.2, 0) is 6.61 Å². The number of carbonyl (C=O) groups is 2. The van der Waals surface area contributed by atoms with E-state index in [0.29, 0.717) is 23.5 Å². The SMILES string of the molecule is NC(=O)c1ccc(COc2cccc(C=O)c2)cc1. The molecule has 0 bridgehead atoms. The van der Waals surface area contributed by atoms with Crippen LogP contribution in [-0.4, -0.2) is 12.2 Å². The molecule has 0 atom stereocenters. The summed E-state index contributed by atoms with van der Waals surface area (Å²) in [5.74, 6) is 0.176. The Morgan fingerprint density at radius 1 is 1.16 bits per heavy atom. The van der Waals surface area contributed by atoms with E-state index in [1.807, 2.05) is 0 Å². The van der Waals surface area contributed by atoms with Crippen molar-refractivity contribution >= 4 is 12.2 Å². The van der Waals surface area contributed by atoms with Crippen LogP contribution >= 0.6 is 0 Å². The molecule has 4 heteroatoms. The first-order chi connectivity index (χ1) is 9.19. The highest BCUT2D eigenvalue weighted by Crippen LogP contribution is 2.14. The summed E-state index contributed by atoms with van der Waals surface area (Å²) in [6.45, 7) is 0.362. The average Bonchev–Trinajstić information content (AvgIpc) is 2.46. The maximum atomic E-state index is 10.9. The number of hydrogen-bond acceptors (Lipinski definition) is 3. The molecular weight excluding hydrogens is 242 g/mol. The quantitative estimate of drug-likeness (QED) is 0.832. The Morgan fingerprint density at radius 3 is 2.53 bits per heavy atom. The predicted molar refractivity (Wildman–Crippen MR) is 71.1 cm³/mol. The Balaban J connectivity index is 2.01. The number of ether oxygens (including phenoxy) is 1. The van der Waals surface area contributed by atoms with Crippen molar-refractivity contribution in [1.29, 1.82) is 0 Å². The molecule has 0 spiro atoms. The molecule has 0 unspecified atom stereocenters. The van der Waals surface area contributed by atoms with E-state index in [1.165, 1.54) is 0 Å². The van der Waals surface area contributed by atoms with E-state index in [2.05, 4.69) is 0 Å². The van der Waals surface area contributed by atoms with Crippen LogP contribution in [0.3, 0.4) is 0 Å². The summed E-state index contributed by atoms with van der Waals surface area (Å²) in [4.78, 5) is 21.6. The fourth-order valence-electron chi connectivity index (χ4n) is 1.61. The van der Waals surface area contributed by atoms with Gasteiger partial charge in [-0.15, -0.1) is 0 Å². The van der Waals surface area contributed by atoms with E-state index in [-0.39, 0.29) is 0 Å². The van der Waals surface area contributed by atoms with Gasteiger partial charge in [-0.25, -0.2) is 0 Å². The van der Waals surface area contributed by atoms with Crippen molar-refractivity contribution in [3.8, 4) is 5.75 Å². The molecule has 0 aliphatic carbocycles. The van der Waals surface area contributed by atoms with Crippen LogP contribution in [0.5, 0.6) is 5.75 Å². The molecule has 2 aromatic carbocycles. The summed E-state index contributed by atoms with van der Waals surface area (Å²) in [5, 5.41) is 0. The lowest BCUT2D eigenvalue weighted by molar-refractivity contribution is 0.0999. The lowest BCUT2D eigenvalue weighted by Gasteiger charge is -2.07. The highest BCUT2D eigenvalue weighted by molar-refractivity contribution is 5.92. The monoisotopic (exact) mass is 255 g/mol. The molecule has 0 fully saturated rings. The lowest BCUT2D eigenvalue weighted by atomic mass is 10.1. The van der Waals surface area contributed by atoms with Crippen molar-refractivity contribution in [2.75, 3.05) is 0 Å². The average molecular weight is 255 g/mol. The van der Waals surface area contributed by atoms with Gasteiger partial charge < -0.3 is 10.5 Å². The third-order valence-electron chi connectivity index (χ3n) is 2.64. The highest BCUT2D eigenvalue weighted by atomic mass is 16.5. The molecule has 2 aromatic rings. The minimum atomic E-state index is -0.453. The molecule has 0 heterocycles.